The fraction of sp³-hybridized carbons (Fsp3) is 0.618. The van der Waals surface area contributed by atoms with Crippen LogP contribution in [0.5, 0.6) is 23.0 Å². The Morgan fingerprint density at radius 2 is 1.35 bits per heavy atom. The fourth-order valence-corrected chi connectivity index (χ4v) is 5.55. The second-order valence-corrected chi connectivity index (χ2v) is 11.9. The van der Waals surface area contributed by atoms with E-state index in [0.717, 1.165) is 37.2 Å². The van der Waals surface area contributed by atoms with E-state index >= 15 is 0 Å². The van der Waals surface area contributed by atoms with E-state index in [2.05, 4.69) is 20.8 Å². The van der Waals surface area contributed by atoms with Gasteiger partial charge in [-0.15, -0.1) is 0 Å². The quantitative estimate of drug-likeness (QED) is 0.169. The molecular formula is C34H50O6. The third kappa shape index (κ3) is 9.43. The Morgan fingerprint density at radius 1 is 0.775 bits per heavy atom. The molecule has 0 saturated heterocycles. The summed E-state index contributed by atoms with van der Waals surface area (Å²) < 4.78 is 12.4. The Labute approximate surface area is 240 Å². The molecule has 3 rings (SSSR count). The number of hydrogen-bond donors (Lipinski definition) is 3. The fourth-order valence-electron chi connectivity index (χ4n) is 5.55. The van der Waals surface area contributed by atoms with Gasteiger partial charge >= 0.3 is 0 Å². The lowest BCUT2D eigenvalue weighted by Crippen LogP contribution is -2.40. The van der Waals surface area contributed by atoms with Crippen molar-refractivity contribution < 1.29 is 29.6 Å². The molecule has 6 nitrogen and oxygen atoms in total. The van der Waals surface area contributed by atoms with Crippen molar-refractivity contribution in [2.75, 3.05) is 0 Å². The van der Waals surface area contributed by atoms with Crippen LogP contribution in [-0.2, 0) is 4.74 Å². The van der Waals surface area contributed by atoms with Crippen LogP contribution in [0.15, 0.2) is 36.4 Å². The molecule has 0 amide bonds. The summed E-state index contributed by atoms with van der Waals surface area (Å²) in [7, 11) is 0. The minimum Gasteiger partial charge on any atom is -0.508 e. The van der Waals surface area contributed by atoms with Gasteiger partial charge in [-0.05, 0) is 42.9 Å². The van der Waals surface area contributed by atoms with Gasteiger partial charge in [0.15, 0.2) is 12.2 Å². The van der Waals surface area contributed by atoms with E-state index in [1.807, 2.05) is 6.92 Å². The molecule has 40 heavy (non-hydrogen) atoms. The molecule has 0 fully saturated rings. The highest BCUT2D eigenvalue weighted by Crippen LogP contribution is 2.43. The number of carbonyl (C=O) groups excluding carboxylic acids is 1. The number of phenolic OH excluding ortho intramolecular Hbond substituents is 3. The maximum atomic E-state index is 13.5. The lowest BCUT2D eigenvalue weighted by Gasteiger charge is -2.34. The minimum absolute atomic E-state index is 0.0228. The van der Waals surface area contributed by atoms with Crippen molar-refractivity contribution in [2.45, 2.75) is 123 Å². The molecule has 0 aromatic heterocycles. The number of benzene rings is 2. The van der Waals surface area contributed by atoms with E-state index in [1.54, 1.807) is 12.1 Å². The van der Waals surface area contributed by atoms with Gasteiger partial charge in [-0.25, -0.2) is 0 Å². The largest absolute Gasteiger partial charge is 0.508 e. The minimum atomic E-state index is -0.950. The number of rotatable bonds is 17. The molecule has 1 aliphatic rings. The highest BCUT2D eigenvalue weighted by atomic mass is 16.6. The van der Waals surface area contributed by atoms with Crippen LogP contribution in [-0.4, -0.2) is 33.3 Å². The van der Waals surface area contributed by atoms with Crippen LogP contribution < -0.4 is 4.74 Å². The molecule has 6 heteroatoms. The van der Waals surface area contributed by atoms with Crippen LogP contribution in [0.25, 0.3) is 0 Å². The van der Waals surface area contributed by atoms with Crippen molar-refractivity contribution in [3.8, 4) is 23.0 Å². The molecule has 0 spiro atoms. The summed E-state index contributed by atoms with van der Waals surface area (Å²) in [6.07, 6.45) is 12.9. The number of hydrogen-bond acceptors (Lipinski definition) is 6. The van der Waals surface area contributed by atoms with Gasteiger partial charge < -0.3 is 24.8 Å². The predicted octanol–water partition coefficient (Wildman–Crippen LogP) is 8.87. The molecule has 0 bridgehead atoms. The molecule has 222 valence electrons. The summed E-state index contributed by atoms with van der Waals surface area (Å²) in [6, 6.07) is 8.92. The number of phenols is 3. The van der Waals surface area contributed by atoms with Crippen LogP contribution in [0.1, 0.15) is 127 Å². The highest BCUT2D eigenvalue weighted by molar-refractivity contribution is 6.05. The maximum Gasteiger partial charge on any atom is 0.203 e. The smallest absolute Gasteiger partial charge is 0.203 e. The van der Waals surface area contributed by atoms with Gasteiger partial charge in [-0.3, -0.25) is 4.79 Å². The van der Waals surface area contributed by atoms with Crippen molar-refractivity contribution in [2.24, 2.45) is 11.8 Å². The number of ketones is 1. The lowest BCUT2D eigenvalue weighted by molar-refractivity contribution is -0.0551. The number of ether oxygens (including phenoxy) is 2. The summed E-state index contributed by atoms with van der Waals surface area (Å²) in [5.74, 6) is 0.993. The summed E-state index contributed by atoms with van der Waals surface area (Å²) in [6.45, 7) is 8.99. The van der Waals surface area contributed by atoms with E-state index in [9.17, 15) is 20.1 Å². The highest BCUT2D eigenvalue weighted by Gasteiger charge is 2.42. The Balaban J connectivity index is 1.44. The summed E-state index contributed by atoms with van der Waals surface area (Å²) >= 11 is 0. The topological polar surface area (TPSA) is 96.2 Å². The monoisotopic (exact) mass is 554 g/mol. The molecule has 1 aliphatic heterocycles. The van der Waals surface area contributed by atoms with E-state index in [0.29, 0.717) is 5.56 Å². The van der Waals surface area contributed by atoms with E-state index < -0.39 is 12.2 Å². The molecular weight excluding hydrogens is 504 g/mol. The van der Waals surface area contributed by atoms with Crippen LogP contribution >= 0.6 is 0 Å². The van der Waals surface area contributed by atoms with Crippen molar-refractivity contribution in [1.82, 2.24) is 0 Å². The standard InChI is InChI=1S/C34H50O6/c1-5-23(2)13-10-8-11-15-24(3)14-9-6-7-12-16-25(4)39-34-32(38)31-29(37)21-28(36)22-30(31)40-33(34)26-17-19-27(35)20-18-26/h17-25,33-37H,5-16H2,1-4H3. The zero-order chi connectivity index (χ0) is 29.1. The molecule has 5 atom stereocenters. The van der Waals surface area contributed by atoms with Crippen molar-refractivity contribution in [1.29, 1.82) is 0 Å². The molecule has 2 aromatic rings. The second kappa shape index (κ2) is 15.9. The first-order valence-electron chi connectivity index (χ1n) is 15.4. The normalized spacial score (nSPS) is 19.1. The van der Waals surface area contributed by atoms with Crippen LogP contribution in [0.4, 0.5) is 0 Å². The second-order valence-electron chi connectivity index (χ2n) is 11.9. The SMILES string of the molecule is CCC(C)CCCCCC(C)CCCCCCC(C)OC1C(=O)c2c(O)cc(O)cc2OC1c1ccc(O)cc1. The van der Waals surface area contributed by atoms with Gasteiger partial charge in [0, 0.05) is 12.1 Å². The molecule has 5 unspecified atom stereocenters. The molecule has 3 N–H and O–H groups in total. The third-order valence-electron chi connectivity index (χ3n) is 8.35. The van der Waals surface area contributed by atoms with Gasteiger partial charge in [0.05, 0.1) is 6.10 Å². The zero-order valence-corrected chi connectivity index (χ0v) is 24.9. The predicted molar refractivity (Wildman–Crippen MR) is 159 cm³/mol. The Bertz CT molecular complexity index is 1050. The summed E-state index contributed by atoms with van der Waals surface area (Å²) in [5, 5.41) is 30.0. The number of carbonyl (C=O) groups is 1. The first-order chi connectivity index (χ1) is 19.2. The number of aromatic hydroxyl groups is 3. The van der Waals surface area contributed by atoms with E-state index in [4.69, 9.17) is 9.47 Å². The molecule has 0 aliphatic carbocycles. The average molecular weight is 555 g/mol. The van der Waals surface area contributed by atoms with Crippen molar-refractivity contribution in [3.63, 3.8) is 0 Å². The van der Waals surface area contributed by atoms with Gasteiger partial charge in [0.25, 0.3) is 0 Å². The van der Waals surface area contributed by atoms with Gasteiger partial charge in [0.2, 0.25) is 5.78 Å². The summed E-state index contributed by atoms with van der Waals surface area (Å²) in [4.78, 5) is 13.5. The van der Waals surface area contributed by atoms with Gasteiger partial charge in [0.1, 0.15) is 28.6 Å². The van der Waals surface area contributed by atoms with Crippen LogP contribution in [0.3, 0.4) is 0 Å². The average Bonchev–Trinajstić information content (AvgIpc) is 2.91. The maximum absolute atomic E-state index is 13.5. The third-order valence-corrected chi connectivity index (χ3v) is 8.35. The van der Waals surface area contributed by atoms with Crippen LogP contribution in [0.2, 0.25) is 0 Å². The number of Topliss-reactive ketones (excluding diaryl/α,β-unsaturated/α-hetero) is 1. The molecule has 0 saturated carbocycles. The number of fused-ring (bicyclic) bond motifs is 1. The van der Waals surface area contributed by atoms with Gasteiger partial charge in [-0.1, -0.05) is 104 Å². The van der Waals surface area contributed by atoms with E-state index in [-0.39, 0.29) is 40.4 Å². The van der Waals surface area contributed by atoms with Crippen LogP contribution in [0, 0.1) is 11.8 Å². The molecule has 1 heterocycles. The lowest BCUT2D eigenvalue weighted by atomic mass is 9.92. The molecule has 0 radical (unpaired) electrons. The van der Waals surface area contributed by atoms with Gasteiger partial charge in [-0.2, -0.15) is 0 Å². The Morgan fingerprint density at radius 3 is 1.98 bits per heavy atom. The Kier molecular flexibility index (Phi) is 12.6. The summed E-state index contributed by atoms with van der Waals surface area (Å²) in [5.41, 5.74) is 0.691. The Hall–Kier alpha value is -2.73. The van der Waals surface area contributed by atoms with Crippen molar-refractivity contribution in [3.05, 3.63) is 47.5 Å². The van der Waals surface area contributed by atoms with E-state index in [1.165, 1.54) is 76.0 Å². The first-order valence-corrected chi connectivity index (χ1v) is 15.4. The zero-order valence-electron chi connectivity index (χ0n) is 24.9. The van der Waals surface area contributed by atoms with Crippen molar-refractivity contribution >= 4 is 5.78 Å². The molecule has 2 aromatic carbocycles. The number of unbranched alkanes of at least 4 members (excludes halogenated alkanes) is 5. The first kappa shape index (κ1) is 31.8.